The van der Waals surface area contributed by atoms with Crippen molar-refractivity contribution >= 4 is 5.91 Å². The molecule has 0 bridgehead atoms. The van der Waals surface area contributed by atoms with Gasteiger partial charge in [-0.3, -0.25) is 4.79 Å². The van der Waals surface area contributed by atoms with Gasteiger partial charge in [-0.1, -0.05) is 6.07 Å². The second-order valence-corrected chi connectivity index (χ2v) is 4.31. The van der Waals surface area contributed by atoms with Crippen molar-refractivity contribution in [3.63, 3.8) is 0 Å². The first kappa shape index (κ1) is 12.9. The molecule has 0 aliphatic carbocycles. The van der Waals surface area contributed by atoms with Crippen LogP contribution in [0.4, 0.5) is 0 Å². The van der Waals surface area contributed by atoms with Crippen LogP contribution in [0.1, 0.15) is 10.4 Å². The third-order valence-corrected chi connectivity index (χ3v) is 3.02. The zero-order valence-electron chi connectivity index (χ0n) is 11.0. The van der Waals surface area contributed by atoms with E-state index in [1.165, 1.54) is 12.7 Å². The Morgan fingerprint density at radius 1 is 0.857 bits per heavy atom. The summed E-state index contributed by atoms with van der Waals surface area (Å²) >= 11 is 0. The summed E-state index contributed by atoms with van der Waals surface area (Å²) in [5.74, 6) is -0.487. The van der Waals surface area contributed by atoms with Crippen LogP contribution < -0.4 is 5.73 Å². The van der Waals surface area contributed by atoms with Gasteiger partial charge in [0.05, 0.1) is 11.4 Å². The van der Waals surface area contributed by atoms with Gasteiger partial charge in [-0.15, -0.1) is 0 Å². The normalized spacial score (nSPS) is 10.3. The fourth-order valence-corrected chi connectivity index (χ4v) is 2.03. The third kappa shape index (κ3) is 2.59. The molecule has 0 aliphatic heterocycles. The van der Waals surface area contributed by atoms with E-state index in [2.05, 4.69) is 19.9 Å². The van der Waals surface area contributed by atoms with E-state index >= 15 is 0 Å². The lowest BCUT2D eigenvalue weighted by atomic mass is 9.98. The van der Waals surface area contributed by atoms with Crippen molar-refractivity contribution in [2.45, 2.75) is 0 Å². The van der Waals surface area contributed by atoms with Crippen molar-refractivity contribution in [3.8, 4) is 22.5 Å². The fraction of sp³-hybridized carbons (Fsp3) is 0. The number of aromatic nitrogens is 4. The van der Waals surface area contributed by atoms with E-state index < -0.39 is 5.91 Å². The Morgan fingerprint density at radius 2 is 1.48 bits per heavy atom. The van der Waals surface area contributed by atoms with Gasteiger partial charge in [-0.2, -0.15) is 0 Å². The van der Waals surface area contributed by atoms with E-state index in [9.17, 15) is 4.79 Å². The summed E-state index contributed by atoms with van der Waals surface area (Å²) in [7, 11) is 0. The van der Waals surface area contributed by atoms with Gasteiger partial charge in [0.15, 0.2) is 0 Å². The molecule has 0 fully saturated rings. The van der Waals surface area contributed by atoms with Gasteiger partial charge >= 0.3 is 0 Å². The fourth-order valence-electron chi connectivity index (χ4n) is 2.03. The van der Waals surface area contributed by atoms with Crippen LogP contribution >= 0.6 is 0 Å². The molecule has 102 valence electrons. The number of amides is 1. The molecule has 0 saturated heterocycles. The highest BCUT2D eigenvalue weighted by atomic mass is 16.1. The molecule has 3 aromatic rings. The lowest BCUT2D eigenvalue weighted by Crippen LogP contribution is -2.11. The van der Waals surface area contributed by atoms with Crippen LogP contribution in [0.3, 0.4) is 0 Å². The van der Waals surface area contributed by atoms with Crippen molar-refractivity contribution in [2.75, 3.05) is 0 Å². The third-order valence-electron chi connectivity index (χ3n) is 3.02. The molecule has 6 nitrogen and oxygen atoms in total. The van der Waals surface area contributed by atoms with E-state index in [0.717, 1.165) is 16.8 Å². The monoisotopic (exact) mass is 277 g/mol. The summed E-state index contributed by atoms with van der Waals surface area (Å²) in [6.07, 6.45) is 6.23. The van der Waals surface area contributed by atoms with E-state index in [1.807, 2.05) is 0 Å². The number of carbonyl (C=O) groups excluding carboxylic acids is 1. The second-order valence-electron chi connectivity index (χ2n) is 4.31. The van der Waals surface area contributed by atoms with Gasteiger partial charge in [0.25, 0.3) is 0 Å². The number of nitrogens with zero attached hydrogens (tertiary/aromatic N) is 4. The van der Waals surface area contributed by atoms with Crippen LogP contribution in [0, 0.1) is 0 Å². The Balaban J connectivity index is 2.23. The van der Waals surface area contributed by atoms with Crippen molar-refractivity contribution in [1.82, 2.24) is 19.9 Å². The number of primary amides is 1. The van der Waals surface area contributed by atoms with Gasteiger partial charge in [0.2, 0.25) is 5.91 Å². The molecule has 0 saturated carbocycles. The molecule has 0 spiro atoms. The maximum Gasteiger partial charge on any atom is 0.248 e. The van der Waals surface area contributed by atoms with E-state index in [-0.39, 0.29) is 0 Å². The summed E-state index contributed by atoms with van der Waals surface area (Å²) in [5, 5.41) is 0. The van der Waals surface area contributed by atoms with Gasteiger partial charge < -0.3 is 5.73 Å². The molecule has 3 rings (SSSR count). The molecule has 0 aliphatic rings. The van der Waals surface area contributed by atoms with Gasteiger partial charge in [0, 0.05) is 29.1 Å². The van der Waals surface area contributed by atoms with Crippen LogP contribution in [0.15, 0.2) is 55.4 Å². The molecule has 1 amide bonds. The highest BCUT2D eigenvalue weighted by Crippen LogP contribution is 2.30. The van der Waals surface area contributed by atoms with E-state index in [4.69, 9.17) is 5.73 Å². The number of benzene rings is 1. The van der Waals surface area contributed by atoms with Crippen molar-refractivity contribution in [1.29, 1.82) is 0 Å². The number of hydrogen-bond donors (Lipinski definition) is 1. The number of nitrogens with two attached hydrogens (primary N) is 1. The summed E-state index contributed by atoms with van der Waals surface area (Å²) in [4.78, 5) is 27.7. The molecule has 6 heteroatoms. The Bertz CT molecular complexity index is 775. The molecule has 0 unspecified atom stereocenters. The average molecular weight is 277 g/mol. The first-order chi connectivity index (χ1) is 10.3. The Hall–Kier alpha value is -3.15. The Kier molecular flexibility index (Phi) is 3.34. The molecule has 2 aromatic heterocycles. The predicted octanol–water partition coefficient (Wildman–Crippen LogP) is 1.70. The highest BCUT2D eigenvalue weighted by Gasteiger charge is 2.12. The quantitative estimate of drug-likeness (QED) is 0.786. The highest BCUT2D eigenvalue weighted by molar-refractivity contribution is 5.96. The number of hydrogen-bond acceptors (Lipinski definition) is 5. The second kappa shape index (κ2) is 5.46. The largest absolute Gasteiger partial charge is 0.366 e. The minimum absolute atomic E-state index is 0.418. The van der Waals surface area contributed by atoms with Crippen LogP contribution in [-0.2, 0) is 0 Å². The molecule has 0 radical (unpaired) electrons. The van der Waals surface area contributed by atoms with Gasteiger partial charge in [-0.05, 0) is 24.3 Å². The topological polar surface area (TPSA) is 94.7 Å². The van der Waals surface area contributed by atoms with Crippen molar-refractivity contribution in [3.05, 3.63) is 60.9 Å². The summed E-state index contributed by atoms with van der Waals surface area (Å²) in [6, 6.07) is 8.75. The molecular formula is C15H11N5O. The van der Waals surface area contributed by atoms with Crippen LogP contribution in [-0.4, -0.2) is 25.8 Å². The molecule has 2 heterocycles. The maximum absolute atomic E-state index is 11.4. The van der Waals surface area contributed by atoms with E-state index in [0.29, 0.717) is 11.3 Å². The van der Waals surface area contributed by atoms with Crippen LogP contribution in [0.2, 0.25) is 0 Å². The van der Waals surface area contributed by atoms with Gasteiger partial charge in [-0.25, -0.2) is 19.9 Å². The summed E-state index contributed by atoms with van der Waals surface area (Å²) in [5.41, 5.74) is 8.83. The number of carbonyl (C=O) groups is 1. The number of rotatable bonds is 3. The minimum atomic E-state index is -0.487. The lowest BCUT2D eigenvalue weighted by molar-refractivity contribution is 0.100. The van der Waals surface area contributed by atoms with E-state index in [1.54, 1.807) is 42.7 Å². The zero-order valence-corrected chi connectivity index (χ0v) is 11.0. The van der Waals surface area contributed by atoms with Crippen LogP contribution in [0.5, 0.6) is 0 Å². The first-order valence-corrected chi connectivity index (χ1v) is 6.22. The molecule has 21 heavy (non-hydrogen) atoms. The average Bonchev–Trinajstić information content (AvgIpc) is 2.56. The van der Waals surface area contributed by atoms with Gasteiger partial charge in [0.1, 0.15) is 12.7 Å². The zero-order chi connectivity index (χ0) is 14.7. The van der Waals surface area contributed by atoms with Crippen molar-refractivity contribution < 1.29 is 4.79 Å². The first-order valence-electron chi connectivity index (χ1n) is 6.22. The van der Waals surface area contributed by atoms with Crippen LogP contribution in [0.25, 0.3) is 22.5 Å². The standard InChI is InChI=1S/C15H11N5O/c16-15(21)10-1-2-11(13-3-5-17-8-19-13)12(7-10)14-4-6-18-9-20-14/h1-9H,(H2,16,21). The SMILES string of the molecule is NC(=O)c1ccc(-c2ccncn2)c(-c2ccncn2)c1. The minimum Gasteiger partial charge on any atom is -0.366 e. The smallest absolute Gasteiger partial charge is 0.248 e. The Morgan fingerprint density at radius 3 is 2.00 bits per heavy atom. The Labute approximate surface area is 120 Å². The summed E-state index contributed by atoms with van der Waals surface area (Å²) < 4.78 is 0. The maximum atomic E-state index is 11.4. The molecular weight excluding hydrogens is 266 g/mol. The summed E-state index contributed by atoms with van der Waals surface area (Å²) in [6.45, 7) is 0. The lowest BCUT2D eigenvalue weighted by Gasteiger charge is -2.09. The van der Waals surface area contributed by atoms with Crippen molar-refractivity contribution in [2.24, 2.45) is 5.73 Å². The predicted molar refractivity (Wildman–Crippen MR) is 77.0 cm³/mol. The molecule has 0 atom stereocenters. The molecule has 1 aromatic carbocycles. The molecule has 2 N–H and O–H groups in total.